The van der Waals surface area contributed by atoms with Crippen LogP contribution >= 0.6 is 0 Å². The predicted molar refractivity (Wildman–Crippen MR) is 110 cm³/mol. The molecule has 0 amide bonds. The van der Waals surface area contributed by atoms with E-state index in [2.05, 4.69) is 51.1 Å². The van der Waals surface area contributed by atoms with Crippen molar-refractivity contribution in [2.75, 3.05) is 31.6 Å². The van der Waals surface area contributed by atoms with Gasteiger partial charge in [-0.25, -0.2) is 4.79 Å². The van der Waals surface area contributed by atoms with Gasteiger partial charge in [0.15, 0.2) is 0 Å². The highest BCUT2D eigenvalue weighted by Gasteiger charge is 2.25. The quantitative estimate of drug-likeness (QED) is 0.617. The molecule has 2 aromatic carbocycles. The molecule has 2 heterocycles. The van der Waals surface area contributed by atoms with Crippen LogP contribution in [0.5, 0.6) is 0 Å². The number of hydrogen-bond acceptors (Lipinski definition) is 7. The van der Waals surface area contributed by atoms with Crippen molar-refractivity contribution in [3.05, 3.63) is 66.1 Å². The molecule has 0 radical (unpaired) electrons. The minimum atomic E-state index is -0.367. The lowest BCUT2D eigenvalue weighted by atomic mass is 10.1. The van der Waals surface area contributed by atoms with Gasteiger partial charge in [-0.3, -0.25) is 4.90 Å². The summed E-state index contributed by atoms with van der Waals surface area (Å²) in [6.07, 6.45) is 0. The number of methoxy groups -OCH3 is 1. The van der Waals surface area contributed by atoms with E-state index in [0.29, 0.717) is 29.9 Å². The first-order chi connectivity index (χ1) is 14.1. The summed E-state index contributed by atoms with van der Waals surface area (Å²) in [6, 6.07) is 17.8. The fourth-order valence-electron chi connectivity index (χ4n) is 3.59. The highest BCUT2D eigenvalue weighted by Crippen LogP contribution is 2.21. The molecule has 0 N–H and O–H groups in total. The molecular weight excluding hydrogens is 368 g/mol. The zero-order chi connectivity index (χ0) is 20.2. The van der Waals surface area contributed by atoms with E-state index in [1.54, 1.807) is 24.3 Å². The van der Waals surface area contributed by atoms with Gasteiger partial charge in [0.1, 0.15) is 0 Å². The standard InChI is InChI=1S/C22H24N4O3/c1-16-14-26(19-6-4-3-5-7-19)13-12-25(16)15-20-23-21(24-29-20)17-8-10-18(11-9-17)22(27)28-2/h3-11,16H,12-15H2,1-2H3. The summed E-state index contributed by atoms with van der Waals surface area (Å²) in [4.78, 5) is 20.8. The van der Waals surface area contributed by atoms with Gasteiger partial charge in [-0.1, -0.05) is 35.5 Å². The highest BCUT2D eigenvalue weighted by atomic mass is 16.5. The average Bonchev–Trinajstić information content (AvgIpc) is 3.24. The molecule has 7 heteroatoms. The Hall–Kier alpha value is -3.19. The first-order valence-corrected chi connectivity index (χ1v) is 9.69. The molecule has 1 atom stereocenters. The maximum atomic E-state index is 11.6. The lowest BCUT2D eigenvalue weighted by Crippen LogP contribution is -2.51. The maximum Gasteiger partial charge on any atom is 0.337 e. The average molecular weight is 392 g/mol. The van der Waals surface area contributed by atoms with E-state index < -0.39 is 0 Å². The van der Waals surface area contributed by atoms with Crippen LogP contribution in [-0.4, -0.2) is 53.8 Å². The molecule has 1 saturated heterocycles. The fraction of sp³-hybridized carbons (Fsp3) is 0.318. The molecular formula is C22H24N4O3. The summed E-state index contributed by atoms with van der Waals surface area (Å²) in [5.41, 5.74) is 2.55. The number of para-hydroxylation sites is 1. The second-order valence-electron chi connectivity index (χ2n) is 7.18. The number of piperazine rings is 1. The second-order valence-corrected chi connectivity index (χ2v) is 7.18. The number of rotatable bonds is 5. The number of esters is 1. The van der Waals surface area contributed by atoms with Gasteiger partial charge in [-0.2, -0.15) is 4.98 Å². The third-order valence-electron chi connectivity index (χ3n) is 5.26. The number of nitrogens with zero attached hydrogens (tertiary/aromatic N) is 4. The van der Waals surface area contributed by atoms with Gasteiger partial charge in [0.2, 0.25) is 11.7 Å². The number of ether oxygens (including phenoxy) is 1. The van der Waals surface area contributed by atoms with E-state index in [9.17, 15) is 4.79 Å². The fourth-order valence-corrected chi connectivity index (χ4v) is 3.59. The SMILES string of the molecule is COC(=O)c1ccc(-c2noc(CN3CCN(c4ccccc4)CC3C)n2)cc1. The van der Waals surface area contributed by atoms with E-state index in [1.165, 1.54) is 12.8 Å². The van der Waals surface area contributed by atoms with Gasteiger partial charge in [0.25, 0.3) is 0 Å². The van der Waals surface area contributed by atoms with Crippen molar-refractivity contribution in [3.8, 4) is 11.4 Å². The molecule has 3 aromatic rings. The molecule has 1 aliphatic heterocycles. The molecule has 29 heavy (non-hydrogen) atoms. The Bertz CT molecular complexity index is 956. The number of benzene rings is 2. The number of carbonyl (C=O) groups excluding carboxylic acids is 1. The van der Waals surface area contributed by atoms with E-state index in [1.807, 2.05) is 6.07 Å². The molecule has 0 spiro atoms. The second kappa shape index (κ2) is 8.45. The third kappa shape index (κ3) is 4.30. The Balaban J connectivity index is 1.39. The van der Waals surface area contributed by atoms with E-state index in [-0.39, 0.29) is 5.97 Å². The first-order valence-electron chi connectivity index (χ1n) is 9.69. The predicted octanol–water partition coefficient (Wildman–Crippen LogP) is 3.23. The van der Waals surface area contributed by atoms with E-state index in [4.69, 9.17) is 9.26 Å². The number of hydrogen-bond donors (Lipinski definition) is 0. The Morgan fingerprint density at radius 1 is 1.14 bits per heavy atom. The van der Waals surface area contributed by atoms with Crippen LogP contribution in [0.25, 0.3) is 11.4 Å². The van der Waals surface area contributed by atoms with Gasteiger partial charge in [-0.05, 0) is 31.2 Å². The van der Waals surface area contributed by atoms with Gasteiger partial charge in [-0.15, -0.1) is 0 Å². The Morgan fingerprint density at radius 2 is 1.90 bits per heavy atom. The summed E-state index contributed by atoms with van der Waals surface area (Å²) >= 11 is 0. The van der Waals surface area contributed by atoms with Crippen LogP contribution in [0.1, 0.15) is 23.2 Å². The normalized spacial score (nSPS) is 17.3. The van der Waals surface area contributed by atoms with Crippen molar-refractivity contribution in [1.82, 2.24) is 15.0 Å². The van der Waals surface area contributed by atoms with Crippen molar-refractivity contribution in [2.45, 2.75) is 19.5 Å². The van der Waals surface area contributed by atoms with Crippen molar-refractivity contribution in [3.63, 3.8) is 0 Å². The van der Waals surface area contributed by atoms with Gasteiger partial charge >= 0.3 is 5.97 Å². The van der Waals surface area contributed by atoms with Crippen molar-refractivity contribution in [1.29, 1.82) is 0 Å². The summed E-state index contributed by atoms with van der Waals surface area (Å²) in [7, 11) is 1.36. The van der Waals surface area contributed by atoms with Gasteiger partial charge in [0.05, 0.1) is 19.2 Å². The van der Waals surface area contributed by atoms with Crippen LogP contribution in [0.3, 0.4) is 0 Å². The van der Waals surface area contributed by atoms with Gasteiger partial charge in [0, 0.05) is 36.9 Å². The molecule has 150 valence electrons. The molecule has 7 nitrogen and oxygen atoms in total. The zero-order valence-corrected chi connectivity index (χ0v) is 16.6. The van der Waals surface area contributed by atoms with Crippen LogP contribution in [0, 0.1) is 0 Å². The van der Waals surface area contributed by atoms with Crippen LogP contribution in [0.2, 0.25) is 0 Å². The monoisotopic (exact) mass is 392 g/mol. The lowest BCUT2D eigenvalue weighted by Gasteiger charge is -2.40. The van der Waals surface area contributed by atoms with Crippen molar-refractivity contribution in [2.24, 2.45) is 0 Å². The molecule has 0 aliphatic carbocycles. The van der Waals surface area contributed by atoms with E-state index in [0.717, 1.165) is 25.2 Å². The minimum Gasteiger partial charge on any atom is -0.465 e. The van der Waals surface area contributed by atoms with E-state index >= 15 is 0 Å². The topological polar surface area (TPSA) is 71.7 Å². The summed E-state index contributed by atoms with van der Waals surface area (Å²) in [6.45, 7) is 5.70. The van der Waals surface area contributed by atoms with Crippen molar-refractivity contribution >= 4 is 11.7 Å². The number of carbonyl (C=O) groups is 1. The molecule has 0 bridgehead atoms. The minimum absolute atomic E-state index is 0.367. The summed E-state index contributed by atoms with van der Waals surface area (Å²) < 4.78 is 10.2. The van der Waals surface area contributed by atoms with Crippen LogP contribution < -0.4 is 4.90 Å². The van der Waals surface area contributed by atoms with Crippen LogP contribution in [0.15, 0.2) is 59.1 Å². The molecule has 0 saturated carbocycles. The van der Waals surface area contributed by atoms with Crippen LogP contribution in [0.4, 0.5) is 5.69 Å². The number of aromatic nitrogens is 2. The first kappa shape index (κ1) is 19.1. The lowest BCUT2D eigenvalue weighted by molar-refractivity contribution is 0.0601. The summed E-state index contributed by atoms with van der Waals surface area (Å²) in [5.74, 6) is 0.748. The molecule has 1 unspecified atom stereocenters. The molecule has 1 aromatic heterocycles. The largest absolute Gasteiger partial charge is 0.465 e. The molecule has 4 rings (SSSR count). The van der Waals surface area contributed by atoms with Crippen molar-refractivity contribution < 1.29 is 14.1 Å². The summed E-state index contributed by atoms with van der Waals surface area (Å²) in [5, 5.41) is 4.09. The van der Waals surface area contributed by atoms with Gasteiger partial charge < -0.3 is 14.2 Å². The third-order valence-corrected chi connectivity index (χ3v) is 5.26. The van der Waals surface area contributed by atoms with Crippen LogP contribution in [-0.2, 0) is 11.3 Å². The maximum absolute atomic E-state index is 11.6. The Kier molecular flexibility index (Phi) is 5.57. The number of anilines is 1. The highest BCUT2D eigenvalue weighted by molar-refractivity contribution is 5.89. The zero-order valence-electron chi connectivity index (χ0n) is 16.6. The smallest absolute Gasteiger partial charge is 0.337 e. The Labute approximate surface area is 169 Å². The Morgan fingerprint density at radius 3 is 2.59 bits per heavy atom. The molecule has 1 aliphatic rings. The molecule has 1 fully saturated rings.